The monoisotopic (exact) mass is 469 g/mol. The molecule has 3 unspecified atom stereocenters. The summed E-state index contributed by atoms with van der Waals surface area (Å²) in [5.74, 6) is -5.37. The molecule has 14 nitrogen and oxygen atoms in total. The molecule has 0 rings (SSSR count). The van der Waals surface area contributed by atoms with E-state index in [1.54, 1.807) is 0 Å². The molecule has 170 valence electrons. The van der Waals surface area contributed by atoms with Crippen molar-refractivity contribution in [1.29, 1.82) is 0 Å². The number of hydrogen-bond donors (Lipinski definition) is 8. The van der Waals surface area contributed by atoms with Gasteiger partial charge in [-0.15, -0.1) is 0 Å². The SMILES string of the molecule is CC(=O)NC(CSSCC(NC(=O)NCC(N)C(=O)O)C(=O)NCC(=O)O)C(=O)O. The van der Waals surface area contributed by atoms with Gasteiger partial charge >= 0.3 is 23.9 Å². The van der Waals surface area contributed by atoms with Crippen LogP contribution in [0.4, 0.5) is 4.79 Å². The molecule has 0 saturated heterocycles. The Hall–Kier alpha value is -2.72. The number of carbonyl (C=O) groups excluding carboxylic acids is 3. The van der Waals surface area contributed by atoms with E-state index in [9.17, 15) is 28.8 Å². The van der Waals surface area contributed by atoms with Crippen molar-refractivity contribution in [3.8, 4) is 0 Å². The minimum atomic E-state index is -1.36. The molecule has 0 aromatic heterocycles. The number of urea groups is 1. The lowest BCUT2D eigenvalue weighted by Crippen LogP contribution is -2.53. The number of carbonyl (C=O) groups is 6. The van der Waals surface area contributed by atoms with Gasteiger partial charge in [0.2, 0.25) is 11.8 Å². The number of carboxylic acids is 3. The molecule has 0 heterocycles. The Morgan fingerprint density at radius 2 is 1.43 bits per heavy atom. The molecule has 0 bridgehead atoms. The number of aliphatic carboxylic acids is 3. The normalized spacial score (nSPS) is 13.3. The molecule has 30 heavy (non-hydrogen) atoms. The van der Waals surface area contributed by atoms with Crippen molar-refractivity contribution in [1.82, 2.24) is 21.3 Å². The van der Waals surface area contributed by atoms with Gasteiger partial charge in [0.1, 0.15) is 24.7 Å². The van der Waals surface area contributed by atoms with Crippen molar-refractivity contribution in [2.24, 2.45) is 5.73 Å². The zero-order chi connectivity index (χ0) is 23.3. The van der Waals surface area contributed by atoms with E-state index in [2.05, 4.69) is 21.3 Å². The smallest absolute Gasteiger partial charge is 0.327 e. The minimum absolute atomic E-state index is 0.0390. The van der Waals surface area contributed by atoms with Crippen LogP contribution in [0, 0.1) is 0 Å². The molecule has 0 aliphatic rings. The van der Waals surface area contributed by atoms with Gasteiger partial charge in [0, 0.05) is 25.0 Å². The summed E-state index contributed by atoms with van der Waals surface area (Å²) >= 11 is 0. The summed E-state index contributed by atoms with van der Waals surface area (Å²) in [6.45, 7) is 0.0584. The average molecular weight is 469 g/mol. The first kappa shape index (κ1) is 27.3. The zero-order valence-electron chi connectivity index (χ0n) is 15.7. The molecule has 4 amide bonds. The van der Waals surface area contributed by atoms with Gasteiger partial charge in [-0.2, -0.15) is 0 Å². The fourth-order valence-electron chi connectivity index (χ4n) is 1.62. The summed E-state index contributed by atoms with van der Waals surface area (Å²) in [4.78, 5) is 67.3. The molecule has 9 N–H and O–H groups in total. The Morgan fingerprint density at radius 3 is 1.90 bits per heavy atom. The zero-order valence-corrected chi connectivity index (χ0v) is 17.4. The average Bonchev–Trinajstić information content (AvgIpc) is 2.64. The maximum atomic E-state index is 12.1. The van der Waals surface area contributed by atoms with E-state index >= 15 is 0 Å². The van der Waals surface area contributed by atoms with E-state index in [4.69, 9.17) is 21.1 Å². The van der Waals surface area contributed by atoms with Gasteiger partial charge in [0.05, 0.1) is 0 Å². The van der Waals surface area contributed by atoms with Crippen LogP contribution in [0.25, 0.3) is 0 Å². The van der Waals surface area contributed by atoms with Gasteiger partial charge in [-0.05, 0) is 0 Å². The predicted molar refractivity (Wildman–Crippen MR) is 107 cm³/mol. The van der Waals surface area contributed by atoms with Crippen molar-refractivity contribution in [3.05, 3.63) is 0 Å². The van der Waals surface area contributed by atoms with Crippen molar-refractivity contribution >= 4 is 57.3 Å². The van der Waals surface area contributed by atoms with Gasteiger partial charge in [-0.3, -0.25) is 19.2 Å². The summed E-state index contributed by atoms with van der Waals surface area (Å²) in [6.07, 6.45) is 0. The van der Waals surface area contributed by atoms with Crippen LogP contribution in [-0.2, 0) is 24.0 Å². The molecular weight excluding hydrogens is 446 g/mol. The van der Waals surface area contributed by atoms with Crippen LogP contribution in [-0.4, -0.2) is 93.8 Å². The van der Waals surface area contributed by atoms with Crippen LogP contribution in [0.1, 0.15) is 6.92 Å². The number of carboxylic acid groups (broad SMARTS) is 3. The number of hydrogen-bond acceptors (Lipinski definition) is 9. The molecular formula is C14H23N5O9S2. The van der Waals surface area contributed by atoms with Crippen LogP contribution in [0.15, 0.2) is 0 Å². The van der Waals surface area contributed by atoms with Crippen molar-refractivity contribution in [2.75, 3.05) is 24.6 Å². The molecule has 0 aromatic rings. The van der Waals surface area contributed by atoms with Gasteiger partial charge < -0.3 is 42.3 Å². The third-order valence-corrected chi connectivity index (χ3v) is 5.49. The maximum absolute atomic E-state index is 12.1. The number of nitrogens with one attached hydrogen (secondary N) is 4. The van der Waals surface area contributed by atoms with Crippen LogP contribution in [0.2, 0.25) is 0 Å². The highest BCUT2D eigenvalue weighted by Gasteiger charge is 2.23. The Kier molecular flexibility index (Phi) is 13.0. The highest BCUT2D eigenvalue weighted by molar-refractivity contribution is 8.76. The fourth-order valence-corrected chi connectivity index (χ4v) is 3.94. The van der Waals surface area contributed by atoms with Crippen molar-refractivity contribution in [3.63, 3.8) is 0 Å². The lowest BCUT2D eigenvalue weighted by atomic mass is 10.3. The molecule has 16 heteroatoms. The second kappa shape index (κ2) is 14.3. The number of amides is 4. The van der Waals surface area contributed by atoms with Crippen LogP contribution >= 0.6 is 21.6 Å². The van der Waals surface area contributed by atoms with Crippen molar-refractivity contribution < 1.29 is 44.1 Å². The highest BCUT2D eigenvalue weighted by atomic mass is 33.1. The largest absolute Gasteiger partial charge is 0.480 e. The number of nitrogens with two attached hydrogens (primary N) is 1. The van der Waals surface area contributed by atoms with E-state index in [-0.39, 0.29) is 11.5 Å². The maximum Gasteiger partial charge on any atom is 0.327 e. The lowest BCUT2D eigenvalue weighted by molar-refractivity contribution is -0.141. The third kappa shape index (κ3) is 12.7. The molecule has 0 aliphatic heterocycles. The van der Waals surface area contributed by atoms with Gasteiger partial charge in [0.25, 0.3) is 0 Å². The Bertz CT molecular complexity index is 664. The molecule has 0 fully saturated rings. The molecule has 0 radical (unpaired) electrons. The van der Waals surface area contributed by atoms with Gasteiger partial charge in [-0.1, -0.05) is 21.6 Å². The van der Waals surface area contributed by atoms with Crippen molar-refractivity contribution in [2.45, 2.75) is 25.0 Å². The second-order valence-corrected chi connectivity index (χ2v) is 8.18. The minimum Gasteiger partial charge on any atom is -0.480 e. The van der Waals surface area contributed by atoms with Crippen LogP contribution < -0.4 is 27.0 Å². The molecule has 0 spiro atoms. The first-order valence-corrected chi connectivity index (χ1v) is 10.7. The third-order valence-electron chi connectivity index (χ3n) is 3.06. The Labute approximate surface area is 178 Å². The molecule has 0 aliphatic carbocycles. The lowest BCUT2D eigenvalue weighted by Gasteiger charge is -2.19. The molecule has 0 saturated carbocycles. The summed E-state index contributed by atoms with van der Waals surface area (Å²) < 4.78 is 0. The summed E-state index contributed by atoms with van der Waals surface area (Å²) in [7, 11) is 2.01. The summed E-state index contributed by atoms with van der Waals surface area (Å²) in [6, 6.07) is -4.64. The van der Waals surface area contributed by atoms with E-state index in [0.29, 0.717) is 0 Å². The molecule has 0 aromatic carbocycles. The van der Waals surface area contributed by atoms with E-state index in [0.717, 1.165) is 28.5 Å². The predicted octanol–water partition coefficient (Wildman–Crippen LogP) is -2.76. The highest BCUT2D eigenvalue weighted by Crippen LogP contribution is 2.23. The Morgan fingerprint density at radius 1 is 0.867 bits per heavy atom. The topological polar surface area (TPSA) is 237 Å². The second-order valence-electron chi connectivity index (χ2n) is 5.62. The van der Waals surface area contributed by atoms with E-state index in [1.807, 2.05) is 0 Å². The quantitative estimate of drug-likeness (QED) is 0.0953. The summed E-state index contributed by atoms with van der Waals surface area (Å²) in [5.41, 5.74) is 5.25. The standard InChI is InChI=1S/C14H23N5O9S2/c1-6(20)18-9(13(26)27)5-30-29-4-8(11(23)16-3-10(21)22)19-14(28)17-2-7(15)12(24)25/h7-9H,2-5,15H2,1H3,(H,16,23)(H,18,20)(H,21,22)(H,24,25)(H,26,27)(H2,17,19,28). The first-order chi connectivity index (χ1) is 13.9. The first-order valence-electron chi connectivity index (χ1n) is 8.20. The van der Waals surface area contributed by atoms with Gasteiger partial charge in [-0.25, -0.2) is 9.59 Å². The molecule has 3 atom stereocenters. The van der Waals surface area contributed by atoms with Crippen LogP contribution in [0.5, 0.6) is 0 Å². The number of rotatable bonds is 14. The Balaban J connectivity index is 4.76. The van der Waals surface area contributed by atoms with E-state index < -0.39 is 67.0 Å². The van der Waals surface area contributed by atoms with Gasteiger partial charge in [0.15, 0.2) is 0 Å². The van der Waals surface area contributed by atoms with E-state index in [1.165, 1.54) is 0 Å². The van der Waals surface area contributed by atoms with Crippen LogP contribution in [0.3, 0.4) is 0 Å². The summed E-state index contributed by atoms with van der Waals surface area (Å²) in [5, 5.41) is 35.1. The fraction of sp³-hybridized carbons (Fsp3) is 0.571.